The average Bonchev–Trinajstić information content (AvgIpc) is 2.83. The molecule has 33 heavy (non-hydrogen) atoms. The molecule has 1 fully saturated rings. The van der Waals surface area contributed by atoms with Crippen molar-refractivity contribution in [3.63, 3.8) is 0 Å². The Labute approximate surface area is 193 Å². The van der Waals surface area contributed by atoms with E-state index in [0.717, 1.165) is 36.8 Å². The Kier molecular flexibility index (Phi) is 7.34. The van der Waals surface area contributed by atoms with Gasteiger partial charge in [-0.2, -0.15) is 0 Å². The highest BCUT2D eigenvalue weighted by atomic mass is 19.2. The predicted octanol–water partition coefficient (Wildman–Crippen LogP) is 8.37. The van der Waals surface area contributed by atoms with E-state index in [1.165, 1.54) is 6.92 Å². The van der Waals surface area contributed by atoms with E-state index in [1.54, 1.807) is 42.5 Å². The molecule has 3 aromatic rings. The number of rotatable bonds is 6. The molecule has 0 aromatic heterocycles. The Morgan fingerprint density at radius 1 is 0.879 bits per heavy atom. The Hall–Kier alpha value is -2.85. The van der Waals surface area contributed by atoms with Gasteiger partial charge in [0.15, 0.2) is 11.6 Å². The van der Waals surface area contributed by atoms with Gasteiger partial charge in [-0.15, -0.1) is 0 Å². The van der Waals surface area contributed by atoms with Crippen LogP contribution in [0.15, 0.2) is 66.7 Å². The Bertz CT molecular complexity index is 1130. The van der Waals surface area contributed by atoms with Crippen molar-refractivity contribution in [3.8, 4) is 22.3 Å². The third kappa shape index (κ3) is 5.22. The Morgan fingerprint density at radius 3 is 2.27 bits per heavy atom. The van der Waals surface area contributed by atoms with Crippen LogP contribution in [0.5, 0.6) is 0 Å². The zero-order chi connectivity index (χ0) is 23.4. The first-order valence-corrected chi connectivity index (χ1v) is 11.6. The average molecular weight is 451 g/mol. The number of halogens is 3. The van der Waals surface area contributed by atoms with Crippen LogP contribution in [0, 0.1) is 24.4 Å². The second-order valence-electron chi connectivity index (χ2n) is 8.75. The second kappa shape index (κ2) is 10.4. The predicted molar refractivity (Wildman–Crippen MR) is 128 cm³/mol. The van der Waals surface area contributed by atoms with Crippen LogP contribution in [-0.4, -0.2) is 12.7 Å². The molecule has 0 spiro atoms. The van der Waals surface area contributed by atoms with Gasteiger partial charge in [-0.05, 0) is 73.4 Å². The van der Waals surface area contributed by atoms with Crippen LogP contribution in [0.4, 0.5) is 13.2 Å². The monoisotopic (exact) mass is 450 g/mol. The highest BCUT2D eigenvalue weighted by molar-refractivity contribution is 5.71. The largest absolute Gasteiger partial charge is 0.378 e. The Morgan fingerprint density at radius 2 is 1.61 bits per heavy atom. The van der Waals surface area contributed by atoms with E-state index in [-0.39, 0.29) is 29.0 Å². The molecule has 1 aliphatic rings. The lowest BCUT2D eigenvalue weighted by atomic mass is 9.89. The van der Waals surface area contributed by atoms with Crippen molar-refractivity contribution >= 4 is 0 Å². The molecule has 3 aromatic carbocycles. The molecule has 0 saturated carbocycles. The third-order valence-corrected chi connectivity index (χ3v) is 6.51. The fourth-order valence-electron chi connectivity index (χ4n) is 4.48. The molecule has 4 rings (SSSR count). The smallest absolute Gasteiger partial charge is 0.166 e. The lowest BCUT2D eigenvalue weighted by Gasteiger charge is -2.29. The van der Waals surface area contributed by atoms with Crippen molar-refractivity contribution in [1.82, 2.24) is 0 Å². The normalized spacial score (nSPS) is 18.7. The van der Waals surface area contributed by atoms with Crippen molar-refractivity contribution in [3.05, 3.63) is 95.3 Å². The van der Waals surface area contributed by atoms with E-state index in [2.05, 4.69) is 12.2 Å². The molecule has 2 unspecified atom stereocenters. The van der Waals surface area contributed by atoms with E-state index >= 15 is 0 Å². The van der Waals surface area contributed by atoms with E-state index in [4.69, 9.17) is 4.74 Å². The van der Waals surface area contributed by atoms with Crippen LogP contribution in [0.2, 0.25) is 0 Å². The fourth-order valence-corrected chi connectivity index (χ4v) is 4.48. The maximum Gasteiger partial charge on any atom is 0.166 e. The van der Waals surface area contributed by atoms with Crippen LogP contribution in [0.1, 0.15) is 49.7 Å². The first-order chi connectivity index (χ1) is 16.0. The van der Waals surface area contributed by atoms with Gasteiger partial charge in [-0.3, -0.25) is 0 Å². The first-order valence-electron chi connectivity index (χ1n) is 11.6. The molecule has 0 amide bonds. The highest BCUT2D eigenvalue weighted by Crippen LogP contribution is 2.34. The number of aryl methyl sites for hydroxylation is 1. The first kappa shape index (κ1) is 23.3. The maximum atomic E-state index is 15.0. The topological polar surface area (TPSA) is 9.23 Å². The summed E-state index contributed by atoms with van der Waals surface area (Å²) in [5, 5.41) is 0. The summed E-state index contributed by atoms with van der Waals surface area (Å²) in [6, 6.07) is 15.5. The molecular formula is C29H29F3O. The molecular weight excluding hydrogens is 421 g/mol. The van der Waals surface area contributed by atoms with Gasteiger partial charge in [-0.25, -0.2) is 13.2 Å². The van der Waals surface area contributed by atoms with E-state index < -0.39 is 11.6 Å². The van der Waals surface area contributed by atoms with Crippen molar-refractivity contribution < 1.29 is 17.9 Å². The van der Waals surface area contributed by atoms with E-state index in [9.17, 15) is 13.2 Å². The van der Waals surface area contributed by atoms with Gasteiger partial charge in [0.05, 0.1) is 12.7 Å². The molecule has 4 heteroatoms. The highest BCUT2D eigenvalue weighted by Gasteiger charge is 2.24. The summed E-state index contributed by atoms with van der Waals surface area (Å²) < 4.78 is 49.2. The molecule has 0 N–H and O–H groups in total. The number of benzene rings is 3. The van der Waals surface area contributed by atoms with Crippen LogP contribution in [0.25, 0.3) is 22.3 Å². The zero-order valence-corrected chi connectivity index (χ0v) is 19.1. The number of ether oxygens (including phenoxy) is 1. The summed E-state index contributed by atoms with van der Waals surface area (Å²) in [6.07, 6.45) is 8.34. The molecule has 1 saturated heterocycles. The molecule has 1 heterocycles. The number of allylic oxidation sites excluding steroid dienone is 2. The van der Waals surface area contributed by atoms with Gasteiger partial charge < -0.3 is 4.74 Å². The standard InChI is InChI=1S/C29H29F3O/c1-3-4-5-6-24-14-12-23(18-33-24)25-16-13-22(17-27(25)30)20-8-10-21(11-9-20)26-15-7-19(2)28(31)29(26)32/h3-4,7-11,13,15-17,23-24H,5-6,12,14,18H2,1-2H3. The minimum atomic E-state index is -0.850. The van der Waals surface area contributed by atoms with Gasteiger partial charge in [0.25, 0.3) is 0 Å². The lowest BCUT2D eigenvalue weighted by molar-refractivity contribution is -0.000797. The maximum absolute atomic E-state index is 15.0. The fraction of sp³-hybridized carbons (Fsp3) is 0.310. The summed E-state index contributed by atoms with van der Waals surface area (Å²) in [6.45, 7) is 4.10. The summed E-state index contributed by atoms with van der Waals surface area (Å²) in [7, 11) is 0. The molecule has 1 aliphatic heterocycles. The second-order valence-corrected chi connectivity index (χ2v) is 8.75. The van der Waals surface area contributed by atoms with E-state index in [1.807, 2.05) is 19.1 Å². The molecule has 172 valence electrons. The number of hydrogen-bond donors (Lipinski definition) is 0. The van der Waals surface area contributed by atoms with Crippen molar-refractivity contribution in [2.24, 2.45) is 0 Å². The van der Waals surface area contributed by atoms with Gasteiger partial charge >= 0.3 is 0 Å². The van der Waals surface area contributed by atoms with Crippen molar-refractivity contribution in [1.29, 1.82) is 0 Å². The number of hydrogen-bond acceptors (Lipinski definition) is 1. The molecule has 0 bridgehead atoms. The SMILES string of the molecule is CC=CCCC1CCC(c2ccc(-c3ccc(-c4ccc(C)c(F)c4F)cc3)cc2F)CO1. The van der Waals surface area contributed by atoms with Gasteiger partial charge in [0.2, 0.25) is 0 Å². The summed E-state index contributed by atoms with van der Waals surface area (Å²) in [5.74, 6) is -1.84. The van der Waals surface area contributed by atoms with Crippen molar-refractivity contribution in [2.75, 3.05) is 6.61 Å². The van der Waals surface area contributed by atoms with Crippen LogP contribution < -0.4 is 0 Å². The van der Waals surface area contributed by atoms with Gasteiger partial charge in [0.1, 0.15) is 5.82 Å². The third-order valence-electron chi connectivity index (χ3n) is 6.51. The molecule has 0 aliphatic carbocycles. The Balaban J connectivity index is 1.46. The quantitative estimate of drug-likeness (QED) is 0.343. The van der Waals surface area contributed by atoms with Gasteiger partial charge in [-0.1, -0.05) is 60.7 Å². The van der Waals surface area contributed by atoms with Gasteiger partial charge in [0, 0.05) is 11.5 Å². The lowest BCUT2D eigenvalue weighted by Crippen LogP contribution is -2.25. The molecule has 1 nitrogen and oxygen atoms in total. The summed E-state index contributed by atoms with van der Waals surface area (Å²) in [4.78, 5) is 0. The van der Waals surface area contributed by atoms with Crippen LogP contribution in [-0.2, 0) is 4.74 Å². The minimum absolute atomic E-state index is 0.0683. The minimum Gasteiger partial charge on any atom is -0.378 e. The summed E-state index contributed by atoms with van der Waals surface area (Å²) in [5.41, 5.74) is 3.33. The van der Waals surface area contributed by atoms with Crippen LogP contribution in [0.3, 0.4) is 0 Å². The van der Waals surface area contributed by atoms with E-state index in [0.29, 0.717) is 17.7 Å². The molecule has 0 radical (unpaired) electrons. The summed E-state index contributed by atoms with van der Waals surface area (Å²) >= 11 is 0. The van der Waals surface area contributed by atoms with Crippen molar-refractivity contribution in [2.45, 2.75) is 51.6 Å². The van der Waals surface area contributed by atoms with Crippen LogP contribution >= 0.6 is 0 Å². The zero-order valence-electron chi connectivity index (χ0n) is 19.1. The molecule has 2 atom stereocenters.